The molecule has 0 fully saturated rings. The van der Waals surface area contributed by atoms with E-state index in [1.54, 1.807) is 30.3 Å². The van der Waals surface area contributed by atoms with E-state index in [-0.39, 0.29) is 17.0 Å². The van der Waals surface area contributed by atoms with Gasteiger partial charge in [0.05, 0.1) is 10.6 Å². The number of amides is 1. The molecule has 1 atom stereocenters. The second kappa shape index (κ2) is 9.17. The van der Waals surface area contributed by atoms with E-state index in [0.29, 0.717) is 5.02 Å². The molecular formula is C21H18ClFN2O3S. The zero-order valence-electron chi connectivity index (χ0n) is 15.2. The van der Waals surface area contributed by atoms with Gasteiger partial charge >= 0.3 is 0 Å². The quantitative estimate of drug-likeness (QED) is 0.592. The van der Waals surface area contributed by atoms with E-state index in [1.807, 2.05) is 6.07 Å². The molecule has 0 aromatic heterocycles. The number of hydrogen-bond donors (Lipinski definition) is 2. The van der Waals surface area contributed by atoms with Crippen molar-refractivity contribution in [1.82, 2.24) is 4.72 Å². The first-order valence-electron chi connectivity index (χ1n) is 8.72. The Morgan fingerprint density at radius 2 is 1.55 bits per heavy atom. The molecule has 0 bridgehead atoms. The van der Waals surface area contributed by atoms with Gasteiger partial charge in [-0.15, -0.1) is 0 Å². The van der Waals surface area contributed by atoms with Crippen molar-refractivity contribution in [3.05, 3.63) is 95.3 Å². The van der Waals surface area contributed by atoms with E-state index < -0.39 is 27.8 Å². The first-order valence-corrected chi connectivity index (χ1v) is 10.6. The predicted octanol–water partition coefficient (Wildman–Crippen LogP) is 4.01. The Morgan fingerprint density at radius 3 is 2.21 bits per heavy atom. The van der Waals surface area contributed by atoms with Crippen molar-refractivity contribution in [3.63, 3.8) is 0 Å². The third kappa shape index (κ3) is 5.63. The van der Waals surface area contributed by atoms with Gasteiger partial charge in [0, 0.05) is 5.02 Å². The summed E-state index contributed by atoms with van der Waals surface area (Å²) in [5, 5.41) is 2.84. The van der Waals surface area contributed by atoms with E-state index in [4.69, 9.17) is 11.6 Å². The zero-order chi connectivity index (χ0) is 20.9. The van der Waals surface area contributed by atoms with Crippen molar-refractivity contribution in [3.8, 4) is 0 Å². The number of rotatable bonds is 7. The minimum atomic E-state index is -4.01. The van der Waals surface area contributed by atoms with Crippen molar-refractivity contribution >= 4 is 33.2 Å². The SMILES string of the molecule is O=C(Nc1ccccc1F)[C@@H](Cc1ccccc1)NS(=O)(=O)c1ccc(Cl)cc1. The van der Waals surface area contributed by atoms with E-state index in [9.17, 15) is 17.6 Å². The predicted molar refractivity (Wildman–Crippen MR) is 111 cm³/mol. The molecule has 3 aromatic carbocycles. The fraction of sp³-hybridized carbons (Fsp3) is 0.0952. The van der Waals surface area contributed by atoms with Crippen molar-refractivity contribution in [2.75, 3.05) is 5.32 Å². The molecule has 0 aliphatic rings. The number of sulfonamides is 1. The number of carbonyl (C=O) groups is 1. The molecule has 0 saturated carbocycles. The second-order valence-corrected chi connectivity index (χ2v) is 8.44. The van der Waals surface area contributed by atoms with Crippen LogP contribution in [0.3, 0.4) is 0 Å². The Hall–Kier alpha value is -2.74. The Balaban J connectivity index is 1.87. The van der Waals surface area contributed by atoms with Crippen LogP contribution in [0.15, 0.2) is 83.8 Å². The summed E-state index contributed by atoms with van der Waals surface area (Å²) in [7, 11) is -4.01. The van der Waals surface area contributed by atoms with Gasteiger partial charge in [0.15, 0.2) is 0 Å². The van der Waals surface area contributed by atoms with Crippen LogP contribution in [0.4, 0.5) is 10.1 Å². The van der Waals surface area contributed by atoms with Crippen LogP contribution in [0.1, 0.15) is 5.56 Å². The zero-order valence-corrected chi connectivity index (χ0v) is 16.8. The highest BCUT2D eigenvalue weighted by atomic mass is 35.5. The third-order valence-corrected chi connectivity index (χ3v) is 5.89. The van der Waals surface area contributed by atoms with Gasteiger partial charge in [-0.3, -0.25) is 4.79 Å². The highest BCUT2D eigenvalue weighted by Crippen LogP contribution is 2.17. The molecule has 2 N–H and O–H groups in total. The molecule has 0 spiro atoms. The average molecular weight is 433 g/mol. The van der Waals surface area contributed by atoms with Crippen molar-refractivity contribution in [2.24, 2.45) is 0 Å². The maximum Gasteiger partial charge on any atom is 0.242 e. The maximum atomic E-state index is 13.9. The second-order valence-electron chi connectivity index (χ2n) is 6.29. The first kappa shape index (κ1) is 21.0. The van der Waals surface area contributed by atoms with Crippen LogP contribution < -0.4 is 10.0 Å². The van der Waals surface area contributed by atoms with Crippen LogP contribution in [-0.2, 0) is 21.2 Å². The lowest BCUT2D eigenvalue weighted by Crippen LogP contribution is -2.45. The van der Waals surface area contributed by atoms with Gasteiger partial charge in [0.2, 0.25) is 15.9 Å². The molecule has 0 heterocycles. The summed E-state index contributed by atoms with van der Waals surface area (Å²) in [5.74, 6) is -1.28. The minimum Gasteiger partial charge on any atom is -0.322 e. The van der Waals surface area contributed by atoms with E-state index in [1.165, 1.54) is 42.5 Å². The van der Waals surface area contributed by atoms with Crippen LogP contribution in [0.5, 0.6) is 0 Å². The third-order valence-electron chi connectivity index (χ3n) is 4.15. The van der Waals surface area contributed by atoms with Crippen LogP contribution in [0.25, 0.3) is 0 Å². The average Bonchev–Trinajstić information content (AvgIpc) is 2.70. The Morgan fingerprint density at radius 1 is 0.931 bits per heavy atom. The molecule has 29 heavy (non-hydrogen) atoms. The summed E-state index contributed by atoms with van der Waals surface area (Å²) in [6, 6.07) is 19.1. The Labute approximate surface area is 173 Å². The van der Waals surface area contributed by atoms with Crippen LogP contribution in [-0.4, -0.2) is 20.4 Å². The number of hydrogen-bond acceptors (Lipinski definition) is 3. The molecule has 0 aliphatic carbocycles. The molecule has 150 valence electrons. The van der Waals surface area contributed by atoms with Crippen molar-refractivity contribution in [1.29, 1.82) is 0 Å². The lowest BCUT2D eigenvalue weighted by molar-refractivity contribution is -0.117. The highest BCUT2D eigenvalue weighted by molar-refractivity contribution is 7.89. The van der Waals surface area contributed by atoms with Gasteiger partial charge in [-0.2, -0.15) is 4.72 Å². The summed E-state index contributed by atoms with van der Waals surface area (Å²) in [6.45, 7) is 0. The monoisotopic (exact) mass is 432 g/mol. The number of nitrogens with one attached hydrogen (secondary N) is 2. The smallest absolute Gasteiger partial charge is 0.242 e. The maximum absolute atomic E-state index is 13.9. The summed E-state index contributed by atoms with van der Waals surface area (Å²) < 4.78 is 41.8. The molecule has 3 aromatic rings. The molecule has 0 radical (unpaired) electrons. The van der Waals surface area contributed by atoms with E-state index in [2.05, 4.69) is 10.0 Å². The Kier molecular flexibility index (Phi) is 6.64. The lowest BCUT2D eigenvalue weighted by atomic mass is 10.1. The largest absolute Gasteiger partial charge is 0.322 e. The number of para-hydroxylation sites is 1. The van der Waals surface area contributed by atoms with Crippen molar-refractivity contribution in [2.45, 2.75) is 17.4 Å². The number of benzene rings is 3. The fourth-order valence-electron chi connectivity index (χ4n) is 2.69. The van der Waals surface area contributed by atoms with Crippen LogP contribution in [0.2, 0.25) is 5.02 Å². The highest BCUT2D eigenvalue weighted by Gasteiger charge is 2.26. The number of anilines is 1. The van der Waals surface area contributed by atoms with Gasteiger partial charge in [-0.1, -0.05) is 54.1 Å². The van der Waals surface area contributed by atoms with E-state index in [0.717, 1.165) is 5.56 Å². The summed E-state index contributed by atoms with van der Waals surface area (Å²) in [4.78, 5) is 12.8. The Bertz CT molecular complexity index is 1090. The molecule has 0 saturated heterocycles. The molecule has 8 heteroatoms. The summed E-state index contributed by atoms with van der Waals surface area (Å²) in [6.07, 6.45) is 0.0912. The molecular weight excluding hydrogens is 415 g/mol. The standard InChI is InChI=1S/C21H18ClFN2O3S/c22-16-10-12-17(13-11-16)29(27,28)25-20(14-15-6-2-1-3-7-15)21(26)24-19-9-5-4-8-18(19)23/h1-13,20,25H,14H2,(H,24,26)/t20-/m1/s1. The summed E-state index contributed by atoms with van der Waals surface area (Å²) in [5.41, 5.74) is 0.723. The van der Waals surface area contributed by atoms with Gasteiger partial charge in [0.25, 0.3) is 0 Å². The lowest BCUT2D eigenvalue weighted by Gasteiger charge is -2.19. The van der Waals surface area contributed by atoms with Gasteiger partial charge in [-0.25, -0.2) is 12.8 Å². The fourth-order valence-corrected chi connectivity index (χ4v) is 4.01. The van der Waals surface area contributed by atoms with Crippen molar-refractivity contribution < 1.29 is 17.6 Å². The van der Waals surface area contributed by atoms with Gasteiger partial charge in [0.1, 0.15) is 11.9 Å². The van der Waals surface area contributed by atoms with E-state index >= 15 is 0 Å². The first-order chi connectivity index (χ1) is 13.8. The van der Waals surface area contributed by atoms with Crippen LogP contribution in [0, 0.1) is 5.82 Å². The van der Waals surface area contributed by atoms with Gasteiger partial charge in [-0.05, 0) is 48.4 Å². The molecule has 0 unspecified atom stereocenters. The van der Waals surface area contributed by atoms with Crippen LogP contribution >= 0.6 is 11.6 Å². The summed E-state index contributed by atoms with van der Waals surface area (Å²) >= 11 is 5.82. The molecule has 5 nitrogen and oxygen atoms in total. The minimum absolute atomic E-state index is 0.0266. The molecule has 0 aliphatic heterocycles. The molecule has 1 amide bonds. The number of halogens is 2. The topological polar surface area (TPSA) is 75.3 Å². The normalized spacial score (nSPS) is 12.3. The molecule has 3 rings (SSSR count). The van der Waals surface area contributed by atoms with Gasteiger partial charge < -0.3 is 5.32 Å². The number of carbonyl (C=O) groups excluding carboxylic acids is 1.